The second-order valence-electron chi connectivity index (χ2n) is 5.45. The number of benzene rings is 1. The molecule has 0 aliphatic heterocycles. The number of carbonyl (C=O) groups is 1. The fraction of sp³-hybridized carbons (Fsp3) is 0.167. The molecule has 0 N–H and O–H groups in total. The Hall–Kier alpha value is -2.47. The van der Waals surface area contributed by atoms with Crippen molar-refractivity contribution < 1.29 is 13.6 Å². The van der Waals surface area contributed by atoms with Gasteiger partial charge < -0.3 is 9.47 Å². The van der Waals surface area contributed by atoms with E-state index in [9.17, 15) is 13.6 Å². The van der Waals surface area contributed by atoms with Gasteiger partial charge in [-0.15, -0.1) is 11.3 Å². The summed E-state index contributed by atoms with van der Waals surface area (Å²) in [5.41, 5.74) is 0.375. The zero-order valence-electron chi connectivity index (χ0n) is 13.1. The molecule has 2 aromatic heterocycles. The molecule has 0 spiro atoms. The predicted molar refractivity (Wildman–Crippen MR) is 89.7 cm³/mol. The van der Waals surface area contributed by atoms with Gasteiger partial charge in [0.25, 0.3) is 5.91 Å². The number of carbonyl (C=O) groups excluding carboxylic acids is 1. The zero-order valence-corrected chi connectivity index (χ0v) is 13.9. The van der Waals surface area contributed by atoms with Gasteiger partial charge in [-0.2, -0.15) is 0 Å². The first-order valence-corrected chi connectivity index (χ1v) is 8.30. The van der Waals surface area contributed by atoms with Crippen LogP contribution in [-0.2, 0) is 20.1 Å². The lowest BCUT2D eigenvalue weighted by Gasteiger charge is -2.23. The number of hydrogen-bond acceptors (Lipinski definition) is 2. The van der Waals surface area contributed by atoms with E-state index < -0.39 is 23.1 Å². The molecular formula is C18H16F2N2OS. The van der Waals surface area contributed by atoms with Crippen LogP contribution in [0.4, 0.5) is 8.78 Å². The number of thiophene rings is 1. The first-order chi connectivity index (χ1) is 11.6. The Morgan fingerprint density at radius 1 is 1.08 bits per heavy atom. The second-order valence-corrected chi connectivity index (χ2v) is 6.48. The van der Waals surface area contributed by atoms with Crippen LogP contribution in [0.25, 0.3) is 0 Å². The van der Waals surface area contributed by atoms with Crippen LogP contribution in [0.15, 0.2) is 54.0 Å². The first-order valence-electron chi connectivity index (χ1n) is 7.42. The van der Waals surface area contributed by atoms with Crippen LogP contribution >= 0.6 is 11.3 Å². The van der Waals surface area contributed by atoms with E-state index in [1.54, 1.807) is 0 Å². The van der Waals surface area contributed by atoms with Gasteiger partial charge in [-0.3, -0.25) is 4.79 Å². The van der Waals surface area contributed by atoms with Crippen molar-refractivity contribution in [3.05, 3.63) is 81.8 Å². The summed E-state index contributed by atoms with van der Waals surface area (Å²) in [5.74, 6) is -2.34. The minimum atomic E-state index is -0.844. The van der Waals surface area contributed by atoms with Crippen LogP contribution < -0.4 is 0 Å². The largest absolute Gasteiger partial charge is 0.353 e. The Balaban J connectivity index is 1.94. The topological polar surface area (TPSA) is 25.2 Å². The number of nitrogens with zero attached hydrogens (tertiary/aromatic N) is 2. The molecule has 24 heavy (non-hydrogen) atoms. The summed E-state index contributed by atoms with van der Waals surface area (Å²) in [4.78, 5) is 15.2. The van der Waals surface area contributed by atoms with Crippen molar-refractivity contribution in [3.63, 3.8) is 0 Å². The van der Waals surface area contributed by atoms with E-state index in [2.05, 4.69) is 0 Å². The van der Waals surface area contributed by atoms with E-state index in [0.717, 1.165) is 22.7 Å². The van der Waals surface area contributed by atoms with Crippen molar-refractivity contribution in [1.29, 1.82) is 0 Å². The van der Waals surface area contributed by atoms with Gasteiger partial charge in [0, 0.05) is 23.8 Å². The molecule has 3 rings (SSSR count). The summed E-state index contributed by atoms with van der Waals surface area (Å²) in [5, 5.41) is 1.91. The van der Waals surface area contributed by atoms with Crippen molar-refractivity contribution in [2.45, 2.75) is 13.1 Å². The number of amides is 1. The highest BCUT2D eigenvalue weighted by atomic mass is 32.1. The molecule has 0 atom stereocenters. The van der Waals surface area contributed by atoms with Crippen LogP contribution in [0.3, 0.4) is 0 Å². The summed E-state index contributed by atoms with van der Waals surface area (Å²) in [6.45, 7) is 0.573. The lowest BCUT2D eigenvalue weighted by atomic mass is 10.1. The molecule has 0 saturated heterocycles. The quantitative estimate of drug-likeness (QED) is 0.679. The minimum absolute atomic E-state index is 0.272. The molecule has 1 amide bonds. The molecule has 3 nitrogen and oxygen atoms in total. The van der Waals surface area contributed by atoms with Gasteiger partial charge in [-0.25, -0.2) is 8.78 Å². The third kappa shape index (κ3) is 3.38. The molecule has 6 heteroatoms. The maximum atomic E-state index is 14.0. The van der Waals surface area contributed by atoms with Crippen LogP contribution in [0, 0.1) is 11.6 Å². The van der Waals surface area contributed by atoms with E-state index in [4.69, 9.17) is 0 Å². The molecule has 124 valence electrons. The van der Waals surface area contributed by atoms with Gasteiger partial charge in [0.2, 0.25) is 0 Å². The average Bonchev–Trinajstić information content (AvgIpc) is 3.19. The summed E-state index contributed by atoms with van der Waals surface area (Å²) in [7, 11) is 1.87. The number of aromatic nitrogens is 1. The molecule has 1 aromatic carbocycles. The number of hydrogen-bond donors (Lipinski definition) is 0. The molecule has 0 bridgehead atoms. The molecule has 3 aromatic rings. The van der Waals surface area contributed by atoms with Gasteiger partial charge >= 0.3 is 0 Å². The Morgan fingerprint density at radius 3 is 2.42 bits per heavy atom. The maximum Gasteiger partial charge on any atom is 0.260 e. The monoisotopic (exact) mass is 346 g/mol. The molecule has 0 radical (unpaired) electrons. The first kappa shape index (κ1) is 16.4. The van der Waals surface area contributed by atoms with Crippen molar-refractivity contribution in [2.75, 3.05) is 0 Å². The summed E-state index contributed by atoms with van der Waals surface area (Å²) in [6.07, 6.45) is 1.87. The molecular weight excluding hydrogens is 330 g/mol. The standard InChI is InChI=1S/C18H16F2N2OS/c1-21-9-3-5-13(21)11-22(12-14-6-4-10-24-14)18(23)17-15(19)7-2-8-16(17)20/h2-10H,11-12H2,1H3. The fourth-order valence-corrected chi connectivity index (χ4v) is 3.23. The second kappa shape index (κ2) is 6.97. The Labute approximate surface area is 142 Å². The lowest BCUT2D eigenvalue weighted by molar-refractivity contribution is 0.0718. The number of halogens is 2. The van der Waals surface area contributed by atoms with Gasteiger partial charge in [-0.1, -0.05) is 12.1 Å². The predicted octanol–water partition coefficient (Wildman–Crippen LogP) is 4.21. The minimum Gasteiger partial charge on any atom is -0.353 e. The summed E-state index contributed by atoms with van der Waals surface area (Å²) >= 11 is 1.50. The molecule has 0 fully saturated rings. The Morgan fingerprint density at radius 2 is 1.83 bits per heavy atom. The SMILES string of the molecule is Cn1cccc1CN(Cc1cccs1)C(=O)c1c(F)cccc1F. The Bertz CT molecular complexity index is 822. The van der Waals surface area contributed by atoms with Crippen LogP contribution in [0.5, 0.6) is 0 Å². The van der Waals surface area contributed by atoms with Crippen molar-refractivity contribution in [1.82, 2.24) is 9.47 Å². The molecule has 2 heterocycles. The van der Waals surface area contributed by atoms with Gasteiger partial charge in [0.15, 0.2) is 0 Å². The third-order valence-electron chi connectivity index (χ3n) is 3.79. The fourth-order valence-electron chi connectivity index (χ4n) is 2.51. The summed E-state index contributed by atoms with van der Waals surface area (Å²) < 4.78 is 29.9. The summed E-state index contributed by atoms with van der Waals surface area (Å²) in [6, 6.07) is 11.0. The van der Waals surface area contributed by atoms with Crippen LogP contribution in [-0.4, -0.2) is 15.4 Å². The van der Waals surface area contributed by atoms with Crippen molar-refractivity contribution in [2.24, 2.45) is 7.05 Å². The zero-order chi connectivity index (χ0) is 17.1. The maximum absolute atomic E-state index is 14.0. The lowest BCUT2D eigenvalue weighted by Crippen LogP contribution is -2.32. The van der Waals surface area contributed by atoms with Crippen molar-refractivity contribution >= 4 is 17.2 Å². The number of aryl methyl sites for hydroxylation is 1. The highest BCUT2D eigenvalue weighted by molar-refractivity contribution is 7.09. The highest BCUT2D eigenvalue weighted by Crippen LogP contribution is 2.20. The van der Waals surface area contributed by atoms with Gasteiger partial charge in [0.1, 0.15) is 17.2 Å². The van der Waals surface area contributed by atoms with Crippen molar-refractivity contribution in [3.8, 4) is 0 Å². The van der Waals surface area contributed by atoms with Gasteiger partial charge in [-0.05, 0) is 35.7 Å². The van der Waals surface area contributed by atoms with E-state index in [1.165, 1.54) is 22.3 Å². The van der Waals surface area contributed by atoms with Crippen LogP contribution in [0.2, 0.25) is 0 Å². The normalized spacial score (nSPS) is 10.8. The van der Waals surface area contributed by atoms with E-state index in [1.807, 2.05) is 47.5 Å². The molecule has 0 aliphatic rings. The van der Waals surface area contributed by atoms with E-state index in [-0.39, 0.29) is 6.54 Å². The number of rotatable bonds is 5. The van der Waals surface area contributed by atoms with E-state index >= 15 is 0 Å². The highest BCUT2D eigenvalue weighted by Gasteiger charge is 2.24. The third-order valence-corrected chi connectivity index (χ3v) is 4.66. The van der Waals surface area contributed by atoms with Crippen LogP contribution in [0.1, 0.15) is 20.9 Å². The average molecular weight is 346 g/mol. The molecule has 0 saturated carbocycles. The Kier molecular flexibility index (Phi) is 4.76. The molecule has 0 aliphatic carbocycles. The van der Waals surface area contributed by atoms with E-state index in [0.29, 0.717) is 6.54 Å². The van der Waals surface area contributed by atoms with Gasteiger partial charge in [0.05, 0.1) is 13.1 Å². The molecule has 0 unspecified atom stereocenters. The smallest absolute Gasteiger partial charge is 0.260 e.